The Labute approximate surface area is 127 Å². The molecular weight excluding hydrogens is 306 g/mol. The molecule has 2 aromatic rings. The van der Waals surface area contributed by atoms with Crippen molar-refractivity contribution in [2.24, 2.45) is 0 Å². The molecule has 0 atom stereocenters. The average molecular weight is 321 g/mol. The van der Waals surface area contributed by atoms with E-state index in [-0.39, 0.29) is 16.4 Å². The van der Waals surface area contributed by atoms with Gasteiger partial charge in [0.1, 0.15) is 5.65 Å². The summed E-state index contributed by atoms with van der Waals surface area (Å²) in [6.07, 6.45) is 0. The van der Waals surface area contributed by atoms with Crippen molar-refractivity contribution in [2.75, 3.05) is 5.75 Å². The number of nitriles is 1. The minimum Gasteiger partial charge on any atom is -0.476 e. The molecule has 0 aliphatic heterocycles. The highest BCUT2D eigenvalue weighted by molar-refractivity contribution is 7.91. The summed E-state index contributed by atoms with van der Waals surface area (Å²) in [5, 5.41) is 18.2. The van der Waals surface area contributed by atoms with Gasteiger partial charge in [-0.15, -0.1) is 0 Å². The standard InChI is InChI=1S/C14H15N3O4S/c1-4-22(20,21)12-11(13(18)19)16-10-7-5-6-9(17(10)12)14(2,3)8-15/h5-7H,4H2,1-3H3,(H,18,19). The van der Waals surface area contributed by atoms with Crippen LogP contribution >= 0.6 is 0 Å². The molecule has 2 heterocycles. The maximum Gasteiger partial charge on any atom is 0.357 e. The molecule has 0 aliphatic carbocycles. The maximum absolute atomic E-state index is 12.4. The molecule has 0 saturated heterocycles. The van der Waals surface area contributed by atoms with Gasteiger partial charge in [0.15, 0.2) is 20.6 Å². The lowest BCUT2D eigenvalue weighted by molar-refractivity contribution is 0.0686. The quantitative estimate of drug-likeness (QED) is 0.915. The van der Waals surface area contributed by atoms with Gasteiger partial charge in [0.05, 0.1) is 17.2 Å². The highest BCUT2D eigenvalue weighted by Crippen LogP contribution is 2.28. The van der Waals surface area contributed by atoms with Gasteiger partial charge in [0, 0.05) is 5.69 Å². The van der Waals surface area contributed by atoms with E-state index >= 15 is 0 Å². The van der Waals surface area contributed by atoms with Gasteiger partial charge in [-0.3, -0.25) is 4.40 Å². The van der Waals surface area contributed by atoms with Crippen LogP contribution in [0.4, 0.5) is 0 Å². The zero-order chi connectivity index (χ0) is 16.7. The van der Waals surface area contributed by atoms with Gasteiger partial charge in [0.25, 0.3) is 0 Å². The van der Waals surface area contributed by atoms with Crippen molar-refractivity contribution in [2.45, 2.75) is 31.2 Å². The molecule has 116 valence electrons. The highest BCUT2D eigenvalue weighted by atomic mass is 32.2. The number of nitrogens with zero attached hydrogens (tertiary/aromatic N) is 3. The van der Waals surface area contributed by atoms with Crippen molar-refractivity contribution in [1.82, 2.24) is 9.38 Å². The summed E-state index contributed by atoms with van der Waals surface area (Å²) in [4.78, 5) is 15.3. The fourth-order valence-corrected chi connectivity index (χ4v) is 3.35. The molecule has 0 amide bonds. The Balaban J connectivity index is 3.07. The van der Waals surface area contributed by atoms with Crippen LogP contribution in [0.1, 0.15) is 37.0 Å². The van der Waals surface area contributed by atoms with Crippen molar-refractivity contribution in [3.05, 3.63) is 29.6 Å². The molecule has 1 N–H and O–H groups in total. The van der Waals surface area contributed by atoms with Crippen LogP contribution < -0.4 is 0 Å². The number of aromatic carboxylic acids is 1. The third kappa shape index (κ3) is 2.33. The number of rotatable bonds is 4. The number of hydrogen-bond acceptors (Lipinski definition) is 5. The molecule has 0 spiro atoms. The molecule has 7 nitrogen and oxygen atoms in total. The van der Waals surface area contributed by atoms with Crippen LogP contribution in [-0.2, 0) is 15.3 Å². The van der Waals surface area contributed by atoms with Crippen LogP contribution in [0.5, 0.6) is 0 Å². The Kier molecular flexibility index (Phi) is 3.71. The van der Waals surface area contributed by atoms with Crippen LogP contribution in [-0.4, -0.2) is 34.6 Å². The lowest BCUT2D eigenvalue weighted by Crippen LogP contribution is -2.21. The number of hydrogen-bond donors (Lipinski definition) is 1. The minimum atomic E-state index is -3.84. The van der Waals surface area contributed by atoms with Crippen molar-refractivity contribution < 1.29 is 18.3 Å². The smallest absolute Gasteiger partial charge is 0.357 e. The van der Waals surface area contributed by atoms with Crippen molar-refractivity contribution in [3.8, 4) is 6.07 Å². The van der Waals surface area contributed by atoms with Gasteiger partial charge >= 0.3 is 5.97 Å². The SMILES string of the molecule is CCS(=O)(=O)c1c(C(=O)O)nc2cccc(C(C)(C)C#N)n12. The number of aromatic nitrogens is 2. The monoisotopic (exact) mass is 321 g/mol. The first kappa shape index (κ1) is 16.0. The molecule has 0 saturated carbocycles. The first-order valence-corrected chi connectivity index (χ1v) is 8.20. The summed E-state index contributed by atoms with van der Waals surface area (Å²) in [5.74, 6) is -1.68. The van der Waals surface area contributed by atoms with Crippen molar-refractivity contribution in [3.63, 3.8) is 0 Å². The number of pyridine rings is 1. The van der Waals surface area contributed by atoms with Crippen molar-refractivity contribution in [1.29, 1.82) is 5.26 Å². The van der Waals surface area contributed by atoms with E-state index in [4.69, 9.17) is 0 Å². The van der Waals surface area contributed by atoms with Crippen molar-refractivity contribution >= 4 is 21.5 Å². The molecule has 0 bridgehead atoms. The van der Waals surface area contributed by atoms with Crippen LogP contribution in [0.3, 0.4) is 0 Å². The van der Waals surface area contributed by atoms with E-state index in [9.17, 15) is 23.6 Å². The molecule has 0 radical (unpaired) electrons. The van der Waals surface area contributed by atoms with E-state index in [2.05, 4.69) is 11.1 Å². The number of imidazole rings is 1. The fourth-order valence-electron chi connectivity index (χ4n) is 2.17. The van der Waals surface area contributed by atoms with Gasteiger partial charge in [-0.2, -0.15) is 5.26 Å². The molecule has 0 aromatic carbocycles. The number of carboxylic acids is 1. The van der Waals surface area contributed by atoms with Gasteiger partial charge in [0.2, 0.25) is 0 Å². The van der Waals surface area contributed by atoms with Crippen LogP contribution in [0.15, 0.2) is 23.2 Å². The summed E-state index contributed by atoms with van der Waals surface area (Å²) >= 11 is 0. The topological polar surface area (TPSA) is 113 Å². The maximum atomic E-state index is 12.4. The molecule has 22 heavy (non-hydrogen) atoms. The Morgan fingerprint density at radius 2 is 2.09 bits per heavy atom. The predicted octanol–water partition coefficient (Wildman–Crippen LogP) is 1.63. The van der Waals surface area contributed by atoms with E-state index in [0.29, 0.717) is 5.69 Å². The van der Waals surface area contributed by atoms with Gasteiger partial charge in [-0.1, -0.05) is 13.0 Å². The number of carboxylic acid groups (broad SMARTS) is 1. The van der Waals surface area contributed by atoms with Gasteiger partial charge in [-0.05, 0) is 26.0 Å². The van der Waals surface area contributed by atoms with E-state index in [0.717, 1.165) is 0 Å². The second-order valence-corrected chi connectivity index (χ2v) is 7.51. The molecule has 0 aliphatic rings. The Morgan fingerprint density at radius 1 is 1.45 bits per heavy atom. The normalized spacial score (nSPS) is 12.3. The Morgan fingerprint density at radius 3 is 2.59 bits per heavy atom. The number of fused-ring (bicyclic) bond motifs is 1. The minimum absolute atomic E-state index is 0.185. The van der Waals surface area contributed by atoms with E-state index in [1.807, 2.05) is 0 Å². The molecule has 2 aromatic heterocycles. The van der Waals surface area contributed by atoms with Crippen LogP contribution in [0, 0.1) is 11.3 Å². The summed E-state index contributed by atoms with van der Waals surface area (Å²) in [5.41, 5.74) is -0.971. The zero-order valence-corrected chi connectivity index (χ0v) is 13.2. The average Bonchev–Trinajstić information content (AvgIpc) is 2.87. The third-order valence-corrected chi connectivity index (χ3v) is 5.12. The first-order chi connectivity index (χ1) is 10.2. The van der Waals surface area contributed by atoms with E-state index in [1.54, 1.807) is 26.0 Å². The van der Waals surface area contributed by atoms with Gasteiger partial charge in [-0.25, -0.2) is 18.2 Å². The fraction of sp³-hybridized carbons (Fsp3) is 0.357. The molecular formula is C14H15N3O4S. The second kappa shape index (κ2) is 5.10. The van der Waals surface area contributed by atoms with Crippen LogP contribution in [0.25, 0.3) is 5.65 Å². The van der Waals surface area contributed by atoms with Gasteiger partial charge < -0.3 is 5.11 Å². The summed E-state index contributed by atoms with van der Waals surface area (Å²) < 4.78 is 26.0. The van der Waals surface area contributed by atoms with E-state index in [1.165, 1.54) is 17.4 Å². The Bertz CT molecular complexity index is 904. The summed E-state index contributed by atoms with van der Waals surface area (Å²) in [6, 6.07) is 6.82. The summed E-state index contributed by atoms with van der Waals surface area (Å²) in [6.45, 7) is 4.69. The summed E-state index contributed by atoms with van der Waals surface area (Å²) in [7, 11) is -3.84. The molecule has 0 fully saturated rings. The lowest BCUT2D eigenvalue weighted by Gasteiger charge is -2.19. The first-order valence-electron chi connectivity index (χ1n) is 6.55. The third-order valence-electron chi connectivity index (χ3n) is 3.40. The highest BCUT2D eigenvalue weighted by Gasteiger charge is 2.32. The van der Waals surface area contributed by atoms with E-state index < -0.39 is 26.9 Å². The lowest BCUT2D eigenvalue weighted by atomic mass is 9.90. The second-order valence-electron chi connectivity index (χ2n) is 5.32. The molecule has 0 unspecified atom stereocenters. The number of sulfone groups is 1. The zero-order valence-electron chi connectivity index (χ0n) is 12.4. The molecule has 2 rings (SSSR count). The van der Waals surface area contributed by atoms with Crippen LogP contribution in [0.2, 0.25) is 0 Å². The predicted molar refractivity (Wildman–Crippen MR) is 78.5 cm³/mol. The largest absolute Gasteiger partial charge is 0.476 e. The molecule has 8 heteroatoms. The number of carbonyl (C=O) groups is 1. The Hall–Kier alpha value is -2.40.